The van der Waals surface area contributed by atoms with Gasteiger partial charge in [0.2, 0.25) is 0 Å². The molecule has 20 heavy (non-hydrogen) atoms. The molecule has 0 atom stereocenters. The summed E-state index contributed by atoms with van der Waals surface area (Å²) in [6, 6.07) is 0.992. The largest absolute Gasteiger partial charge is 0.477 e. The summed E-state index contributed by atoms with van der Waals surface area (Å²) in [6.07, 6.45) is 0. The average molecular weight is 284 g/mol. The molecule has 0 aliphatic rings. The molecule has 0 radical (unpaired) electrons. The fourth-order valence-electron chi connectivity index (χ4n) is 1.42. The van der Waals surface area contributed by atoms with E-state index in [0.29, 0.717) is 12.1 Å². The Hall–Kier alpha value is -3.04. The van der Waals surface area contributed by atoms with Gasteiger partial charge in [-0.2, -0.15) is 0 Å². The number of nitro groups is 2. The lowest BCUT2D eigenvalue weighted by atomic mass is 10.1. The van der Waals surface area contributed by atoms with Crippen LogP contribution in [-0.2, 0) is 4.74 Å². The molecule has 0 heterocycles. The average Bonchev–Trinajstić information content (AvgIpc) is 2.36. The van der Waals surface area contributed by atoms with Crippen molar-refractivity contribution in [1.82, 2.24) is 0 Å². The van der Waals surface area contributed by atoms with Crippen molar-refractivity contribution in [2.75, 3.05) is 6.61 Å². The summed E-state index contributed by atoms with van der Waals surface area (Å²) in [5.74, 6) is -2.81. The number of carbonyl (C=O) groups is 2. The zero-order valence-electron chi connectivity index (χ0n) is 10.1. The molecule has 106 valence electrons. The lowest BCUT2D eigenvalue weighted by molar-refractivity contribution is -0.394. The maximum absolute atomic E-state index is 11.5. The maximum Gasteiger partial charge on any atom is 0.345 e. The van der Waals surface area contributed by atoms with Gasteiger partial charge in [-0.1, -0.05) is 0 Å². The van der Waals surface area contributed by atoms with Gasteiger partial charge in [0.05, 0.1) is 22.5 Å². The van der Waals surface area contributed by atoms with Gasteiger partial charge >= 0.3 is 11.9 Å². The number of carboxylic acid groups (broad SMARTS) is 1. The van der Waals surface area contributed by atoms with E-state index >= 15 is 0 Å². The fourth-order valence-corrected chi connectivity index (χ4v) is 1.42. The first-order valence-electron chi connectivity index (χ1n) is 5.16. The van der Waals surface area contributed by atoms with E-state index in [2.05, 4.69) is 4.74 Å². The third kappa shape index (κ3) is 2.85. The van der Waals surface area contributed by atoms with E-state index in [-0.39, 0.29) is 6.61 Å². The molecule has 0 saturated carbocycles. The number of carboxylic acids is 1. The highest BCUT2D eigenvalue weighted by molar-refractivity contribution is 6.00. The number of esters is 1. The van der Waals surface area contributed by atoms with Crippen molar-refractivity contribution in [2.24, 2.45) is 0 Å². The van der Waals surface area contributed by atoms with Crippen LogP contribution in [0.1, 0.15) is 27.6 Å². The van der Waals surface area contributed by atoms with Crippen LogP contribution in [0.25, 0.3) is 0 Å². The Morgan fingerprint density at radius 3 is 2.05 bits per heavy atom. The molecule has 0 amide bonds. The van der Waals surface area contributed by atoms with Crippen molar-refractivity contribution >= 4 is 23.3 Å². The van der Waals surface area contributed by atoms with Crippen LogP contribution in [0.5, 0.6) is 0 Å². The van der Waals surface area contributed by atoms with E-state index < -0.39 is 44.3 Å². The minimum absolute atomic E-state index is 0.0879. The van der Waals surface area contributed by atoms with Gasteiger partial charge in [0.25, 0.3) is 11.4 Å². The number of nitro benzene ring substituents is 2. The predicted octanol–water partition coefficient (Wildman–Crippen LogP) is 1.38. The molecule has 0 aliphatic carbocycles. The standard InChI is InChI=1S/C10H8N2O8/c1-2-20-10(15)6-3-5(9(13)14)7(11(16)17)4-8(6)12(18)19/h3-4H,2H2,1H3,(H,13,14). The zero-order valence-corrected chi connectivity index (χ0v) is 10.1. The van der Waals surface area contributed by atoms with Crippen molar-refractivity contribution in [2.45, 2.75) is 6.92 Å². The van der Waals surface area contributed by atoms with Gasteiger partial charge in [-0.05, 0) is 13.0 Å². The molecule has 1 N–H and O–H groups in total. The molecular formula is C10H8N2O8. The first-order valence-corrected chi connectivity index (χ1v) is 5.16. The van der Waals surface area contributed by atoms with E-state index in [1.54, 1.807) is 0 Å². The van der Waals surface area contributed by atoms with Crippen LogP contribution in [0.15, 0.2) is 12.1 Å². The Kier molecular flexibility index (Phi) is 4.31. The number of carbonyl (C=O) groups excluding carboxylic acids is 1. The van der Waals surface area contributed by atoms with Crippen LogP contribution in [0.2, 0.25) is 0 Å². The second-order valence-electron chi connectivity index (χ2n) is 3.43. The molecule has 0 saturated heterocycles. The molecule has 1 rings (SSSR count). The Labute approximate surface area is 110 Å². The number of rotatable bonds is 5. The molecule has 0 fully saturated rings. The van der Waals surface area contributed by atoms with Crippen molar-refractivity contribution < 1.29 is 29.3 Å². The second kappa shape index (κ2) is 5.73. The highest BCUT2D eigenvalue weighted by atomic mass is 16.6. The number of aromatic carboxylic acids is 1. The van der Waals surface area contributed by atoms with Gasteiger partial charge in [0.1, 0.15) is 11.1 Å². The summed E-state index contributed by atoms with van der Waals surface area (Å²) in [7, 11) is 0. The third-order valence-electron chi connectivity index (χ3n) is 2.23. The summed E-state index contributed by atoms with van der Waals surface area (Å²) < 4.78 is 4.55. The zero-order chi connectivity index (χ0) is 15.4. The van der Waals surface area contributed by atoms with Crippen LogP contribution < -0.4 is 0 Å². The van der Waals surface area contributed by atoms with Crippen molar-refractivity contribution in [3.8, 4) is 0 Å². The second-order valence-corrected chi connectivity index (χ2v) is 3.43. The molecule has 10 heteroatoms. The molecule has 10 nitrogen and oxygen atoms in total. The Balaban J connectivity index is 3.61. The van der Waals surface area contributed by atoms with Crippen molar-refractivity contribution in [3.05, 3.63) is 43.5 Å². The molecule has 0 aromatic heterocycles. The van der Waals surface area contributed by atoms with E-state index in [4.69, 9.17) is 5.11 Å². The van der Waals surface area contributed by atoms with Crippen LogP contribution in [-0.4, -0.2) is 33.5 Å². The quantitative estimate of drug-likeness (QED) is 0.483. The van der Waals surface area contributed by atoms with E-state index in [9.17, 15) is 29.8 Å². The van der Waals surface area contributed by atoms with E-state index in [1.807, 2.05) is 0 Å². The van der Waals surface area contributed by atoms with Crippen molar-refractivity contribution in [3.63, 3.8) is 0 Å². The Morgan fingerprint density at radius 2 is 1.65 bits per heavy atom. The number of ether oxygens (including phenoxy) is 1. The van der Waals surface area contributed by atoms with Crippen LogP contribution >= 0.6 is 0 Å². The SMILES string of the molecule is CCOC(=O)c1cc(C(=O)O)c([N+](=O)[O-])cc1[N+](=O)[O-]. The summed E-state index contributed by atoms with van der Waals surface area (Å²) >= 11 is 0. The fraction of sp³-hybridized carbons (Fsp3) is 0.200. The minimum atomic E-state index is -1.68. The summed E-state index contributed by atoms with van der Waals surface area (Å²) in [6.45, 7) is 1.36. The predicted molar refractivity (Wildman–Crippen MR) is 62.7 cm³/mol. The van der Waals surface area contributed by atoms with Gasteiger partial charge in [-0.3, -0.25) is 20.2 Å². The first-order chi connectivity index (χ1) is 9.29. The summed E-state index contributed by atoms with van der Waals surface area (Å²) in [5.41, 5.74) is -3.35. The number of hydrogen-bond donors (Lipinski definition) is 1. The number of nitrogens with zero attached hydrogens (tertiary/aromatic N) is 2. The highest BCUT2D eigenvalue weighted by Crippen LogP contribution is 2.29. The topological polar surface area (TPSA) is 150 Å². The van der Waals surface area contributed by atoms with Gasteiger partial charge < -0.3 is 9.84 Å². The Bertz CT molecular complexity index is 610. The third-order valence-corrected chi connectivity index (χ3v) is 2.23. The molecule has 0 aliphatic heterocycles. The van der Waals surface area contributed by atoms with Crippen molar-refractivity contribution in [1.29, 1.82) is 0 Å². The smallest absolute Gasteiger partial charge is 0.345 e. The van der Waals surface area contributed by atoms with Crippen LogP contribution in [0, 0.1) is 20.2 Å². The lowest BCUT2D eigenvalue weighted by Crippen LogP contribution is -2.12. The van der Waals surface area contributed by atoms with Gasteiger partial charge in [-0.15, -0.1) is 0 Å². The molecule has 0 bridgehead atoms. The van der Waals surface area contributed by atoms with Gasteiger partial charge in [0, 0.05) is 0 Å². The van der Waals surface area contributed by atoms with Crippen LogP contribution in [0.4, 0.5) is 11.4 Å². The first kappa shape index (κ1) is 15.0. The molecule has 0 spiro atoms. The lowest BCUT2D eigenvalue weighted by Gasteiger charge is -2.05. The Morgan fingerprint density at radius 1 is 1.15 bits per heavy atom. The normalized spacial score (nSPS) is 9.85. The van der Waals surface area contributed by atoms with E-state index in [0.717, 1.165) is 0 Å². The van der Waals surface area contributed by atoms with Gasteiger partial charge in [-0.25, -0.2) is 9.59 Å². The summed E-state index contributed by atoms with van der Waals surface area (Å²) in [5, 5.41) is 30.4. The highest BCUT2D eigenvalue weighted by Gasteiger charge is 2.31. The molecular weight excluding hydrogens is 276 g/mol. The molecule has 1 aromatic rings. The van der Waals surface area contributed by atoms with E-state index in [1.165, 1.54) is 6.92 Å². The summed E-state index contributed by atoms with van der Waals surface area (Å²) in [4.78, 5) is 41.9. The van der Waals surface area contributed by atoms with Crippen LogP contribution in [0.3, 0.4) is 0 Å². The molecule has 1 aromatic carbocycles. The van der Waals surface area contributed by atoms with Gasteiger partial charge in [0.15, 0.2) is 0 Å². The number of benzene rings is 1. The number of hydrogen-bond acceptors (Lipinski definition) is 7. The maximum atomic E-state index is 11.5. The molecule has 0 unspecified atom stereocenters. The minimum Gasteiger partial charge on any atom is -0.477 e. The monoisotopic (exact) mass is 284 g/mol.